The van der Waals surface area contributed by atoms with Crippen LogP contribution in [0.5, 0.6) is 0 Å². The molecule has 2 atom stereocenters. The first-order valence-electron chi connectivity index (χ1n) is 6.00. The van der Waals surface area contributed by atoms with Gasteiger partial charge in [0, 0.05) is 0 Å². The Morgan fingerprint density at radius 1 is 1.21 bits per heavy atom. The molecule has 3 heterocycles. The number of rotatable bonds is 2. The zero-order valence-corrected chi connectivity index (χ0v) is 10.1. The maximum absolute atomic E-state index is 12.0. The lowest BCUT2D eigenvalue weighted by Gasteiger charge is -2.50. The number of hydrogen-bond acceptors (Lipinski definition) is 6. The second-order valence-electron chi connectivity index (χ2n) is 4.75. The average Bonchev–Trinajstić information content (AvgIpc) is 2.46. The maximum atomic E-state index is 12.0. The van der Waals surface area contributed by atoms with Gasteiger partial charge in [-0.15, -0.1) is 0 Å². The Hall–Kier alpha value is -1.47. The first kappa shape index (κ1) is 12.6. The Morgan fingerprint density at radius 2 is 1.84 bits per heavy atom. The zero-order chi connectivity index (χ0) is 13.5. The number of aliphatic hydroxyl groups is 2. The summed E-state index contributed by atoms with van der Waals surface area (Å²) in [7, 11) is 0. The smallest absolute Gasteiger partial charge is 0.338 e. The molecule has 0 aliphatic carbocycles. The van der Waals surface area contributed by atoms with E-state index in [0.29, 0.717) is 5.56 Å². The summed E-state index contributed by atoms with van der Waals surface area (Å²) in [6.45, 7) is 0.0168. The zero-order valence-electron chi connectivity index (χ0n) is 10.1. The lowest BCUT2D eigenvalue weighted by Crippen LogP contribution is -2.70. The number of carbonyl (C=O) groups excluding carboxylic acids is 1. The Morgan fingerprint density at radius 3 is 2.47 bits per heavy atom. The van der Waals surface area contributed by atoms with Crippen molar-refractivity contribution in [1.82, 2.24) is 0 Å². The quantitative estimate of drug-likeness (QED) is 0.714. The number of carbonyl (C=O) groups is 1. The molecule has 4 rings (SSSR count). The molecule has 6 heteroatoms. The van der Waals surface area contributed by atoms with Gasteiger partial charge in [-0.25, -0.2) is 4.79 Å². The van der Waals surface area contributed by atoms with E-state index in [1.54, 1.807) is 30.3 Å². The van der Waals surface area contributed by atoms with Crippen LogP contribution >= 0.6 is 0 Å². The van der Waals surface area contributed by atoms with E-state index in [0.717, 1.165) is 0 Å². The van der Waals surface area contributed by atoms with Crippen molar-refractivity contribution in [3.8, 4) is 0 Å². The van der Waals surface area contributed by atoms with E-state index in [4.69, 9.17) is 14.2 Å². The third-order valence-corrected chi connectivity index (χ3v) is 3.43. The van der Waals surface area contributed by atoms with Gasteiger partial charge in [0.15, 0.2) is 11.9 Å². The second kappa shape index (κ2) is 4.57. The van der Waals surface area contributed by atoms with Crippen LogP contribution in [-0.4, -0.2) is 53.5 Å². The van der Waals surface area contributed by atoms with Gasteiger partial charge in [0.05, 0.1) is 18.8 Å². The van der Waals surface area contributed by atoms with Crippen LogP contribution in [-0.2, 0) is 14.2 Å². The van der Waals surface area contributed by atoms with Crippen LogP contribution in [0.25, 0.3) is 0 Å². The van der Waals surface area contributed by atoms with Crippen molar-refractivity contribution < 1.29 is 29.2 Å². The van der Waals surface area contributed by atoms with Crippen molar-refractivity contribution in [2.24, 2.45) is 0 Å². The van der Waals surface area contributed by atoms with Crippen LogP contribution in [0, 0.1) is 0 Å². The first-order chi connectivity index (χ1) is 9.12. The Labute approximate surface area is 109 Å². The third-order valence-electron chi connectivity index (χ3n) is 3.43. The highest BCUT2D eigenvalue weighted by atomic mass is 16.7. The van der Waals surface area contributed by atoms with Gasteiger partial charge in [0.25, 0.3) is 0 Å². The van der Waals surface area contributed by atoms with E-state index in [2.05, 4.69) is 0 Å². The second-order valence-corrected chi connectivity index (χ2v) is 4.75. The van der Waals surface area contributed by atoms with Gasteiger partial charge in [0.1, 0.15) is 12.2 Å². The highest BCUT2D eigenvalue weighted by molar-refractivity contribution is 5.89. The molecule has 1 aromatic rings. The molecule has 1 aromatic carbocycles. The van der Waals surface area contributed by atoms with Gasteiger partial charge in [0.2, 0.25) is 0 Å². The van der Waals surface area contributed by atoms with Gasteiger partial charge in [-0.05, 0) is 12.1 Å². The molecule has 2 unspecified atom stereocenters. The summed E-state index contributed by atoms with van der Waals surface area (Å²) in [5.41, 5.74) is -0.979. The number of fused-ring (bicyclic) bond motifs is 3. The van der Waals surface area contributed by atoms with E-state index in [1.165, 1.54) is 0 Å². The van der Waals surface area contributed by atoms with E-state index in [1.807, 2.05) is 0 Å². The van der Waals surface area contributed by atoms with Gasteiger partial charge in [-0.2, -0.15) is 0 Å². The van der Waals surface area contributed by atoms with Gasteiger partial charge in [-0.1, -0.05) is 18.2 Å². The lowest BCUT2D eigenvalue weighted by atomic mass is 9.88. The van der Waals surface area contributed by atoms with Crippen molar-refractivity contribution in [2.75, 3.05) is 13.2 Å². The molecule has 19 heavy (non-hydrogen) atoms. The number of hydrogen-bond donors (Lipinski definition) is 2. The molecule has 6 nitrogen and oxygen atoms in total. The minimum absolute atomic E-state index is 0.00840. The molecule has 0 spiro atoms. The largest absolute Gasteiger partial charge is 0.448 e. The fourth-order valence-corrected chi connectivity index (χ4v) is 2.30. The maximum Gasteiger partial charge on any atom is 0.338 e. The topological polar surface area (TPSA) is 85.2 Å². The monoisotopic (exact) mass is 266 g/mol. The van der Waals surface area contributed by atoms with E-state index < -0.39 is 30.1 Å². The van der Waals surface area contributed by atoms with E-state index >= 15 is 0 Å². The van der Waals surface area contributed by atoms with Crippen molar-refractivity contribution >= 4 is 5.97 Å². The molecule has 3 fully saturated rings. The molecule has 3 saturated heterocycles. The summed E-state index contributed by atoms with van der Waals surface area (Å²) >= 11 is 0. The molecule has 3 aliphatic rings. The highest BCUT2D eigenvalue weighted by Gasteiger charge is 2.57. The molecule has 2 N–H and O–H groups in total. The fraction of sp³-hybridized carbons (Fsp3) is 0.462. The lowest BCUT2D eigenvalue weighted by molar-refractivity contribution is -0.359. The Balaban J connectivity index is 1.80. The highest BCUT2D eigenvalue weighted by Crippen LogP contribution is 2.35. The summed E-state index contributed by atoms with van der Waals surface area (Å²) in [6, 6.07) is 8.43. The minimum atomic E-state index is -1.35. The molecule has 2 bridgehead atoms. The number of aliphatic hydroxyl groups excluding tert-OH is 2. The van der Waals surface area contributed by atoms with Crippen LogP contribution in [0.3, 0.4) is 0 Å². The fourth-order valence-electron chi connectivity index (χ4n) is 2.30. The Kier molecular flexibility index (Phi) is 3.02. The van der Waals surface area contributed by atoms with E-state index in [9.17, 15) is 15.0 Å². The molecule has 0 amide bonds. The molecule has 0 saturated carbocycles. The molecule has 0 aromatic heterocycles. The van der Waals surface area contributed by atoms with Crippen molar-refractivity contribution in [3.05, 3.63) is 35.9 Å². The molecular formula is C13H14O6. The minimum Gasteiger partial charge on any atom is -0.448 e. The number of esters is 1. The third kappa shape index (κ3) is 2.02. The summed E-state index contributed by atoms with van der Waals surface area (Å²) in [5, 5.41) is 19.8. The number of ether oxygens (including phenoxy) is 3. The van der Waals surface area contributed by atoms with E-state index in [-0.39, 0.29) is 13.2 Å². The standard InChI is InChI=1S/C13H14O6/c14-9-10(15)13(6-17-12(9)18-7-13)19-11(16)8-4-2-1-3-5-8/h1-5,9-10,12,14-15H,6-7H2. The Bertz CT molecular complexity index is 465. The molecule has 3 aliphatic heterocycles. The van der Waals surface area contributed by atoms with Crippen molar-refractivity contribution in [2.45, 2.75) is 24.1 Å². The summed E-state index contributed by atoms with van der Waals surface area (Å²) < 4.78 is 15.7. The van der Waals surface area contributed by atoms with Gasteiger partial charge < -0.3 is 24.4 Å². The predicted octanol–water partition coefficient (Wildman–Crippen LogP) is -0.310. The SMILES string of the molecule is O=C(OC12COC(OC1)C(O)C2O)c1ccccc1. The normalized spacial score (nSPS) is 37.1. The van der Waals surface area contributed by atoms with Crippen LogP contribution in [0.15, 0.2) is 30.3 Å². The van der Waals surface area contributed by atoms with Gasteiger partial charge >= 0.3 is 5.97 Å². The van der Waals surface area contributed by atoms with Crippen molar-refractivity contribution in [1.29, 1.82) is 0 Å². The summed E-state index contributed by atoms with van der Waals surface area (Å²) in [5.74, 6) is -0.584. The van der Waals surface area contributed by atoms with Crippen LogP contribution in [0.1, 0.15) is 10.4 Å². The molecule has 0 radical (unpaired) electrons. The summed E-state index contributed by atoms with van der Waals surface area (Å²) in [4.78, 5) is 12.0. The summed E-state index contributed by atoms with van der Waals surface area (Å²) in [6.07, 6.45) is -3.29. The molecular weight excluding hydrogens is 252 g/mol. The average molecular weight is 266 g/mol. The van der Waals surface area contributed by atoms with Crippen molar-refractivity contribution in [3.63, 3.8) is 0 Å². The first-order valence-corrected chi connectivity index (χ1v) is 6.00. The van der Waals surface area contributed by atoms with Crippen LogP contribution in [0.4, 0.5) is 0 Å². The van der Waals surface area contributed by atoms with Crippen LogP contribution in [0.2, 0.25) is 0 Å². The molecule has 102 valence electrons. The van der Waals surface area contributed by atoms with Crippen LogP contribution < -0.4 is 0 Å². The number of benzene rings is 1. The van der Waals surface area contributed by atoms with Gasteiger partial charge in [-0.3, -0.25) is 0 Å². The predicted molar refractivity (Wildman–Crippen MR) is 62.3 cm³/mol.